The number of hydrogen-bond donors (Lipinski definition) is 2. The molecule has 2 aromatic rings. The van der Waals surface area contributed by atoms with Gasteiger partial charge in [0.2, 0.25) is 0 Å². The zero-order valence-electron chi connectivity index (χ0n) is 14.9. The molecule has 1 saturated heterocycles. The predicted octanol–water partition coefficient (Wildman–Crippen LogP) is 3.22. The van der Waals surface area contributed by atoms with Gasteiger partial charge >= 0.3 is 0 Å². The molecule has 0 bridgehead atoms. The van der Waals surface area contributed by atoms with E-state index in [0.29, 0.717) is 17.8 Å². The smallest absolute Gasteiger partial charge is 0.144 e. The monoisotopic (exact) mass is 357 g/mol. The number of rotatable bonds is 4. The zero-order chi connectivity index (χ0) is 18.1. The highest BCUT2D eigenvalue weighted by Crippen LogP contribution is 2.34. The van der Waals surface area contributed by atoms with Crippen LogP contribution in [0.3, 0.4) is 0 Å². The van der Waals surface area contributed by atoms with Gasteiger partial charge in [-0.15, -0.1) is 0 Å². The maximum Gasteiger partial charge on any atom is 0.144 e. The summed E-state index contributed by atoms with van der Waals surface area (Å²) in [4.78, 5) is 10.2. The fourth-order valence-corrected chi connectivity index (χ4v) is 3.63. The third kappa shape index (κ3) is 3.52. The van der Waals surface area contributed by atoms with Crippen molar-refractivity contribution in [2.45, 2.75) is 37.6 Å². The summed E-state index contributed by atoms with van der Waals surface area (Å²) in [7, 11) is 2.11. The van der Waals surface area contributed by atoms with Crippen LogP contribution < -0.4 is 0 Å². The van der Waals surface area contributed by atoms with Crippen LogP contribution in [-0.2, 0) is 11.2 Å². The van der Waals surface area contributed by atoms with Crippen LogP contribution in [0.2, 0.25) is 0 Å². The minimum absolute atomic E-state index is 0.0994. The maximum atomic E-state index is 13.7. The number of nitrogens with zero attached hydrogens (tertiary/aromatic N) is 2. The Hall–Kier alpha value is -2.18. The number of H-pyrrole nitrogens is 1. The highest BCUT2D eigenvalue weighted by molar-refractivity contribution is 5.52. The van der Waals surface area contributed by atoms with Gasteiger partial charge in [0, 0.05) is 30.8 Å². The van der Waals surface area contributed by atoms with Gasteiger partial charge in [-0.1, -0.05) is 18.2 Å². The summed E-state index contributed by atoms with van der Waals surface area (Å²) in [6, 6.07) is 7.17. The van der Waals surface area contributed by atoms with Gasteiger partial charge in [0.05, 0.1) is 11.8 Å². The highest BCUT2D eigenvalue weighted by atomic mass is 19.1. The van der Waals surface area contributed by atoms with Crippen LogP contribution in [0.1, 0.15) is 41.7 Å². The number of nitrogens with one attached hydrogen (secondary N) is 1. The van der Waals surface area contributed by atoms with E-state index >= 15 is 0 Å². The van der Waals surface area contributed by atoms with Gasteiger partial charge in [-0.25, -0.2) is 9.37 Å². The molecule has 2 atom stereocenters. The molecule has 0 saturated carbocycles. The Balaban J connectivity index is 1.65. The van der Waals surface area contributed by atoms with E-state index in [9.17, 15) is 9.50 Å². The Bertz CT molecular complexity index is 796. The fourth-order valence-electron chi connectivity index (χ4n) is 3.63. The molecule has 0 radical (unpaired) electrons. The van der Waals surface area contributed by atoms with Gasteiger partial charge in [0.15, 0.2) is 0 Å². The zero-order valence-corrected chi connectivity index (χ0v) is 14.9. The van der Waals surface area contributed by atoms with Gasteiger partial charge in [-0.2, -0.15) is 0 Å². The number of ether oxygens (including phenoxy) is 1. The Morgan fingerprint density at radius 3 is 2.85 bits per heavy atom. The molecule has 26 heavy (non-hydrogen) atoms. The molecule has 0 spiro atoms. The summed E-state index contributed by atoms with van der Waals surface area (Å²) in [5, 5.41) is 10.4. The lowest BCUT2D eigenvalue weighted by Crippen LogP contribution is -2.35. The van der Waals surface area contributed by atoms with Crippen LogP contribution in [0.5, 0.6) is 5.75 Å². The molecular formula is C20H24FN3O2. The Morgan fingerprint density at radius 2 is 2.08 bits per heavy atom. The highest BCUT2D eigenvalue weighted by Gasteiger charge is 2.29. The van der Waals surface area contributed by atoms with E-state index in [-0.39, 0.29) is 11.9 Å². The second-order valence-electron chi connectivity index (χ2n) is 7.14. The third-order valence-electron chi connectivity index (χ3n) is 5.15. The van der Waals surface area contributed by atoms with Crippen molar-refractivity contribution in [1.82, 2.24) is 14.9 Å². The maximum absolute atomic E-state index is 13.7. The van der Waals surface area contributed by atoms with Gasteiger partial charge in [0.1, 0.15) is 23.8 Å². The number of fused-ring (bicyclic) bond motifs is 1. The van der Waals surface area contributed by atoms with Crippen molar-refractivity contribution in [3.63, 3.8) is 0 Å². The topological polar surface area (TPSA) is 61.4 Å². The lowest BCUT2D eigenvalue weighted by molar-refractivity contribution is -0.0273. The van der Waals surface area contributed by atoms with Crippen molar-refractivity contribution in [3.05, 3.63) is 53.1 Å². The molecule has 1 fully saturated rings. The van der Waals surface area contributed by atoms with Crippen molar-refractivity contribution >= 4 is 6.08 Å². The van der Waals surface area contributed by atoms with Crippen LogP contribution >= 0.6 is 0 Å². The predicted molar refractivity (Wildman–Crippen MR) is 97.8 cm³/mol. The first-order valence-corrected chi connectivity index (χ1v) is 9.13. The van der Waals surface area contributed by atoms with Crippen molar-refractivity contribution in [1.29, 1.82) is 0 Å². The van der Waals surface area contributed by atoms with Crippen molar-refractivity contribution in [3.8, 4) is 5.75 Å². The van der Waals surface area contributed by atoms with Crippen LogP contribution in [0.15, 0.2) is 30.3 Å². The number of imidazole rings is 1. The van der Waals surface area contributed by atoms with Crippen LogP contribution in [0.4, 0.5) is 4.39 Å². The number of halogens is 1. The second-order valence-corrected chi connectivity index (χ2v) is 7.14. The van der Waals surface area contributed by atoms with E-state index in [0.717, 1.165) is 37.3 Å². The molecule has 6 heteroatoms. The number of benzene rings is 1. The summed E-state index contributed by atoms with van der Waals surface area (Å²) in [6.07, 6.45) is 4.01. The molecule has 2 N–H and O–H groups in total. The molecule has 1 aromatic carbocycles. The number of phenols is 1. The van der Waals surface area contributed by atoms with E-state index < -0.39 is 12.3 Å². The summed E-state index contributed by atoms with van der Waals surface area (Å²) < 4.78 is 20.1. The minimum atomic E-state index is -0.992. The molecule has 2 unspecified atom stereocenters. The number of phenolic OH excluding ortho intramolecular Hbond substituents is 1. The number of aromatic amines is 1. The van der Waals surface area contributed by atoms with Gasteiger partial charge in [-0.05, 0) is 38.1 Å². The third-order valence-corrected chi connectivity index (χ3v) is 5.15. The largest absolute Gasteiger partial charge is 0.508 e. The lowest BCUT2D eigenvalue weighted by Gasteiger charge is -2.31. The van der Waals surface area contributed by atoms with Crippen molar-refractivity contribution < 1.29 is 14.2 Å². The summed E-state index contributed by atoms with van der Waals surface area (Å²) in [5.74, 6) is 0.799. The number of allylic oxidation sites excluding steroid dienone is 1. The van der Waals surface area contributed by atoms with Gasteiger partial charge in [-0.3, -0.25) is 0 Å². The molecule has 4 rings (SSSR count). The molecule has 1 aliphatic heterocycles. The number of likely N-dealkylation sites (tertiary alicyclic amines) is 1. The molecule has 2 aliphatic rings. The van der Waals surface area contributed by atoms with Crippen LogP contribution in [-0.4, -0.2) is 52.4 Å². The number of aromatic nitrogens is 2. The quantitative estimate of drug-likeness (QED) is 0.882. The van der Waals surface area contributed by atoms with E-state index in [1.807, 2.05) is 12.1 Å². The molecule has 0 amide bonds. The standard InChI is InChI=1S/C20H24FN3O2/c1-24-10-8-14(9-11-24)26-19(15-4-2-3-5-18(15)25)20-22-16-7-6-13(21)12-17(16)23-20/h2-7,13-14,19,25H,8-12H2,1H3,(H,22,23). The normalized spacial score (nSPS) is 22.3. The van der Waals surface area contributed by atoms with Crippen LogP contribution in [0, 0.1) is 0 Å². The average molecular weight is 357 g/mol. The summed E-state index contributed by atoms with van der Waals surface area (Å²) in [6.45, 7) is 1.97. The molecule has 2 heterocycles. The number of para-hydroxylation sites is 1. The lowest BCUT2D eigenvalue weighted by atomic mass is 10.0. The summed E-state index contributed by atoms with van der Waals surface area (Å²) >= 11 is 0. The van der Waals surface area contributed by atoms with Crippen LogP contribution in [0.25, 0.3) is 6.08 Å². The first kappa shape index (κ1) is 17.2. The number of hydrogen-bond acceptors (Lipinski definition) is 4. The molecule has 1 aromatic heterocycles. The van der Waals surface area contributed by atoms with Gasteiger partial charge < -0.3 is 19.7 Å². The average Bonchev–Trinajstić information content (AvgIpc) is 3.05. The fraction of sp³-hybridized carbons (Fsp3) is 0.450. The molecule has 138 valence electrons. The SMILES string of the molecule is CN1CCC(OC(c2nc3c([nH]2)CC(F)C=C3)c2ccccc2O)CC1. The van der Waals surface area contributed by atoms with E-state index in [1.165, 1.54) is 6.08 Å². The number of alkyl halides is 1. The molecule has 5 nitrogen and oxygen atoms in total. The Kier molecular flexibility index (Phi) is 4.78. The van der Waals surface area contributed by atoms with Crippen molar-refractivity contribution in [2.24, 2.45) is 0 Å². The Labute approximate surface area is 152 Å². The summed E-state index contributed by atoms with van der Waals surface area (Å²) in [5.41, 5.74) is 2.21. The minimum Gasteiger partial charge on any atom is -0.508 e. The van der Waals surface area contributed by atoms with E-state index in [1.54, 1.807) is 18.2 Å². The van der Waals surface area contributed by atoms with Gasteiger partial charge in [0.25, 0.3) is 0 Å². The number of aromatic hydroxyl groups is 1. The molecular weight excluding hydrogens is 333 g/mol. The first-order valence-electron chi connectivity index (χ1n) is 9.13. The Morgan fingerprint density at radius 1 is 1.31 bits per heavy atom. The van der Waals surface area contributed by atoms with E-state index in [2.05, 4.69) is 21.9 Å². The van der Waals surface area contributed by atoms with E-state index in [4.69, 9.17) is 4.74 Å². The second kappa shape index (κ2) is 7.21. The number of piperidine rings is 1. The first-order chi connectivity index (χ1) is 12.6. The molecule has 1 aliphatic carbocycles. The van der Waals surface area contributed by atoms with Crippen molar-refractivity contribution in [2.75, 3.05) is 20.1 Å².